The first-order chi connectivity index (χ1) is 9.88. The smallest absolute Gasteiger partial charge is 0.269 e. The fourth-order valence-corrected chi connectivity index (χ4v) is 2.09. The first kappa shape index (κ1) is 15.3. The Morgan fingerprint density at radius 1 is 1.24 bits per heavy atom. The van der Waals surface area contributed by atoms with Gasteiger partial charge in [0.15, 0.2) is 0 Å². The number of non-ortho nitro benzene ring substituents is 1. The van der Waals surface area contributed by atoms with Crippen LogP contribution in [0.4, 0.5) is 5.69 Å². The van der Waals surface area contributed by atoms with Crippen molar-refractivity contribution in [2.24, 2.45) is 5.73 Å². The number of ether oxygens (including phenoxy) is 1. The van der Waals surface area contributed by atoms with Crippen LogP contribution in [0.3, 0.4) is 0 Å². The minimum absolute atomic E-state index is 0.0262. The third kappa shape index (κ3) is 3.51. The number of hydrogen-bond donors (Lipinski definition) is 1. The van der Waals surface area contributed by atoms with Crippen LogP contribution in [0.2, 0.25) is 5.02 Å². The predicted molar refractivity (Wildman–Crippen MR) is 82.0 cm³/mol. The molecule has 0 fully saturated rings. The molecule has 2 rings (SSSR count). The first-order valence-corrected chi connectivity index (χ1v) is 6.74. The molecule has 0 radical (unpaired) electrons. The van der Waals surface area contributed by atoms with Crippen molar-refractivity contribution in [2.75, 3.05) is 0 Å². The first-order valence-electron chi connectivity index (χ1n) is 6.36. The van der Waals surface area contributed by atoms with E-state index in [-0.39, 0.29) is 11.7 Å². The minimum Gasteiger partial charge on any atom is -0.456 e. The van der Waals surface area contributed by atoms with Crippen LogP contribution in [-0.2, 0) is 0 Å². The third-order valence-electron chi connectivity index (χ3n) is 3.07. The Bertz CT molecular complexity index is 687. The van der Waals surface area contributed by atoms with Crippen molar-refractivity contribution in [2.45, 2.75) is 19.9 Å². The van der Waals surface area contributed by atoms with Gasteiger partial charge in [-0.15, -0.1) is 0 Å². The van der Waals surface area contributed by atoms with Crippen molar-refractivity contribution < 1.29 is 9.66 Å². The van der Waals surface area contributed by atoms with E-state index in [0.29, 0.717) is 22.1 Å². The summed E-state index contributed by atoms with van der Waals surface area (Å²) < 4.78 is 5.71. The second kappa shape index (κ2) is 6.11. The topological polar surface area (TPSA) is 78.4 Å². The van der Waals surface area contributed by atoms with Crippen LogP contribution >= 0.6 is 11.6 Å². The highest BCUT2D eigenvalue weighted by Crippen LogP contribution is 2.33. The molecule has 0 bridgehead atoms. The predicted octanol–water partition coefficient (Wildman–Crippen LogP) is 4.37. The van der Waals surface area contributed by atoms with Crippen LogP contribution in [0.25, 0.3) is 0 Å². The van der Waals surface area contributed by atoms with E-state index in [1.807, 2.05) is 13.0 Å². The Hall–Kier alpha value is -2.11. The molecule has 1 atom stereocenters. The molecule has 2 aromatic rings. The second-order valence-corrected chi connectivity index (χ2v) is 5.19. The molecule has 0 spiro atoms. The summed E-state index contributed by atoms with van der Waals surface area (Å²) in [6.45, 7) is 3.61. The summed E-state index contributed by atoms with van der Waals surface area (Å²) >= 11 is 6.17. The fraction of sp³-hybridized carbons (Fsp3) is 0.200. The molecule has 0 amide bonds. The number of benzene rings is 2. The molecule has 6 heteroatoms. The van der Waals surface area contributed by atoms with Crippen molar-refractivity contribution >= 4 is 17.3 Å². The molecule has 2 aromatic carbocycles. The molecule has 0 aromatic heterocycles. The normalized spacial score (nSPS) is 12.0. The highest BCUT2D eigenvalue weighted by atomic mass is 35.5. The lowest BCUT2D eigenvalue weighted by molar-refractivity contribution is -0.384. The monoisotopic (exact) mass is 306 g/mol. The summed E-state index contributed by atoms with van der Waals surface area (Å²) in [6.07, 6.45) is 0. The van der Waals surface area contributed by atoms with E-state index in [1.165, 1.54) is 12.1 Å². The van der Waals surface area contributed by atoms with E-state index < -0.39 is 4.92 Å². The zero-order chi connectivity index (χ0) is 15.6. The summed E-state index contributed by atoms with van der Waals surface area (Å²) in [7, 11) is 0. The molecule has 0 unspecified atom stereocenters. The van der Waals surface area contributed by atoms with Crippen molar-refractivity contribution in [3.05, 3.63) is 62.7 Å². The molecule has 0 heterocycles. The van der Waals surface area contributed by atoms with Crippen molar-refractivity contribution in [1.82, 2.24) is 0 Å². The number of halogens is 1. The Morgan fingerprint density at radius 2 is 1.90 bits per heavy atom. The highest BCUT2D eigenvalue weighted by Gasteiger charge is 2.11. The van der Waals surface area contributed by atoms with E-state index in [0.717, 1.165) is 5.56 Å². The average Bonchev–Trinajstić information content (AvgIpc) is 2.42. The third-order valence-corrected chi connectivity index (χ3v) is 3.37. The second-order valence-electron chi connectivity index (χ2n) is 4.79. The lowest BCUT2D eigenvalue weighted by Crippen LogP contribution is -2.04. The SMILES string of the molecule is Cc1cc([N+](=O)[O-])ccc1Oc1ccc([C@@H](C)N)cc1Cl. The van der Waals surface area contributed by atoms with Gasteiger partial charge in [0.25, 0.3) is 5.69 Å². The molecule has 5 nitrogen and oxygen atoms in total. The van der Waals surface area contributed by atoms with Gasteiger partial charge in [-0.1, -0.05) is 17.7 Å². The summed E-state index contributed by atoms with van der Waals surface area (Å²) in [5, 5.41) is 11.2. The molecular formula is C15H15ClN2O3. The van der Waals surface area contributed by atoms with Gasteiger partial charge in [-0.3, -0.25) is 10.1 Å². The maximum absolute atomic E-state index is 10.7. The van der Waals surface area contributed by atoms with Gasteiger partial charge in [0.05, 0.1) is 9.95 Å². The van der Waals surface area contributed by atoms with Gasteiger partial charge in [0, 0.05) is 18.2 Å². The summed E-state index contributed by atoms with van der Waals surface area (Å²) in [5.41, 5.74) is 7.39. The number of nitrogens with zero attached hydrogens (tertiary/aromatic N) is 1. The maximum Gasteiger partial charge on any atom is 0.269 e. The number of nitro groups is 1. The van der Waals surface area contributed by atoms with Crippen LogP contribution in [-0.4, -0.2) is 4.92 Å². The van der Waals surface area contributed by atoms with Crippen LogP contribution in [0.15, 0.2) is 36.4 Å². The summed E-state index contributed by atoms with van der Waals surface area (Å²) in [6, 6.07) is 9.63. The maximum atomic E-state index is 10.7. The number of nitro benzene ring substituents is 1. The molecule has 0 aliphatic carbocycles. The number of hydrogen-bond acceptors (Lipinski definition) is 4. The Balaban J connectivity index is 2.28. The van der Waals surface area contributed by atoms with Crippen molar-refractivity contribution in [3.63, 3.8) is 0 Å². The van der Waals surface area contributed by atoms with Gasteiger partial charge < -0.3 is 10.5 Å². The van der Waals surface area contributed by atoms with E-state index >= 15 is 0 Å². The van der Waals surface area contributed by atoms with Crippen LogP contribution in [0.1, 0.15) is 24.1 Å². The van der Waals surface area contributed by atoms with Crippen molar-refractivity contribution in [1.29, 1.82) is 0 Å². The van der Waals surface area contributed by atoms with Crippen LogP contribution < -0.4 is 10.5 Å². The van der Waals surface area contributed by atoms with E-state index in [4.69, 9.17) is 22.1 Å². The van der Waals surface area contributed by atoms with Gasteiger partial charge in [-0.25, -0.2) is 0 Å². The molecular weight excluding hydrogens is 292 g/mol. The van der Waals surface area contributed by atoms with Gasteiger partial charge in [-0.05, 0) is 43.2 Å². The van der Waals surface area contributed by atoms with Crippen molar-refractivity contribution in [3.8, 4) is 11.5 Å². The van der Waals surface area contributed by atoms with E-state index in [2.05, 4.69) is 0 Å². The number of rotatable bonds is 4. The highest BCUT2D eigenvalue weighted by molar-refractivity contribution is 6.32. The molecule has 0 aliphatic heterocycles. The Labute approximate surface area is 127 Å². The van der Waals surface area contributed by atoms with Gasteiger partial charge in [0.1, 0.15) is 11.5 Å². The lowest BCUT2D eigenvalue weighted by Gasteiger charge is -2.12. The summed E-state index contributed by atoms with van der Waals surface area (Å²) in [5.74, 6) is 1.01. The largest absolute Gasteiger partial charge is 0.456 e. The molecule has 110 valence electrons. The fourth-order valence-electron chi connectivity index (χ4n) is 1.86. The molecule has 0 saturated heterocycles. The van der Waals surface area contributed by atoms with Gasteiger partial charge >= 0.3 is 0 Å². The quantitative estimate of drug-likeness (QED) is 0.672. The molecule has 0 aliphatic rings. The number of aryl methyl sites for hydroxylation is 1. The lowest BCUT2D eigenvalue weighted by atomic mass is 10.1. The van der Waals surface area contributed by atoms with Crippen LogP contribution in [0.5, 0.6) is 11.5 Å². The Kier molecular flexibility index (Phi) is 4.45. The molecule has 0 saturated carbocycles. The van der Waals surface area contributed by atoms with Crippen LogP contribution in [0, 0.1) is 17.0 Å². The Morgan fingerprint density at radius 3 is 2.43 bits per heavy atom. The molecule has 2 N–H and O–H groups in total. The van der Waals surface area contributed by atoms with E-state index in [9.17, 15) is 10.1 Å². The van der Waals surface area contributed by atoms with Gasteiger partial charge in [-0.2, -0.15) is 0 Å². The number of nitrogens with two attached hydrogens (primary N) is 1. The standard InChI is InChI=1S/C15H15ClN2O3/c1-9-7-12(18(19)20)4-6-14(9)21-15-5-3-11(10(2)17)8-13(15)16/h3-8,10H,17H2,1-2H3/t10-/m1/s1. The van der Waals surface area contributed by atoms with E-state index in [1.54, 1.807) is 25.1 Å². The minimum atomic E-state index is -0.443. The zero-order valence-electron chi connectivity index (χ0n) is 11.7. The average molecular weight is 307 g/mol. The van der Waals surface area contributed by atoms with Gasteiger partial charge in [0.2, 0.25) is 0 Å². The molecule has 21 heavy (non-hydrogen) atoms. The summed E-state index contributed by atoms with van der Waals surface area (Å²) in [4.78, 5) is 10.3. The zero-order valence-corrected chi connectivity index (χ0v) is 12.4.